The van der Waals surface area contributed by atoms with Crippen LogP contribution in [0.4, 0.5) is 0 Å². The van der Waals surface area contributed by atoms with Crippen LogP contribution in [-0.4, -0.2) is 40.4 Å². The minimum absolute atomic E-state index is 0.0597. The van der Waals surface area contributed by atoms with Gasteiger partial charge in [-0.25, -0.2) is 9.78 Å². The Bertz CT molecular complexity index is 1040. The first kappa shape index (κ1) is 21.0. The van der Waals surface area contributed by atoms with Gasteiger partial charge in [0, 0.05) is 16.9 Å². The Morgan fingerprint density at radius 3 is 2.62 bits per heavy atom. The zero-order valence-electron chi connectivity index (χ0n) is 17.2. The average molecular weight is 413 g/mol. The number of para-hydroxylation sites is 1. The van der Waals surface area contributed by atoms with E-state index in [9.17, 15) is 14.4 Å². The second kappa shape index (κ2) is 7.99. The number of hydrogen-bond acceptors (Lipinski definition) is 6. The normalized spacial score (nSPS) is 16.0. The van der Waals surface area contributed by atoms with Gasteiger partial charge in [-0.3, -0.25) is 14.5 Å². The van der Waals surface area contributed by atoms with E-state index in [0.29, 0.717) is 16.3 Å². The first-order valence-electron chi connectivity index (χ1n) is 9.29. The topological polar surface area (TPSA) is 76.6 Å². The number of methoxy groups -OCH3 is 1. The lowest BCUT2D eigenvalue weighted by Crippen LogP contribution is -2.27. The lowest BCUT2D eigenvalue weighted by Gasteiger charge is -2.21. The molecule has 0 spiro atoms. The third kappa shape index (κ3) is 4.19. The molecule has 0 atom stereocenters. The van der Waals surface area contributed by atoms with Crippen LogP contribution in [0.3, 0.4) is 0 Å². The molecule has 1 aliphatic heterocycles. The van der Waals surface area contributed by atoms with Crippen molar-refractivity contribution >= 4 is 40.3 Å². The smallest absolute Gasteiger partial charge is 0.340 e. The summed E-state index contributed by atoms with van der Waals surface area (Å²) in [5, 5.41) is 1.44. The van der Waals surface area contributed by atoms with E-state index >= 15 is 0 Å². The summed E-state index contributed by atoms with van der Waals surface area (Å²) in [5.41, 5.74) is 1.77. The Labute approximate surface area is 174 Å². The van der Waals surface area contributed by atoms with Gasteiger partial charge in [-0.1, -0.05) is 50.7 Å². The summed E-state index contributed by atoms with van der Waals surface area (Å²) in [6.45, 7) is 7.46. The molecule has 1 aliphatic rings. The molecule has 1 amide bonds. The van der Waals surface area contributed by atoms with E-state index < -0.39 is 11.4 Å². The number of aryl methyl sites for hydroxylation is 1. The molecule has 152 valence electrons. The van der Waals surface area contributed by atoms with Gasteiger partial charge in [0.05, 0.1) is 41.2 Å². The molecule has 2 aromatic rings. The molecule has 7 heteroatoms. The van der Waals surface area contributed by atoms with Crippen LogP contribution in [-0.2, 0) is 20.9 Å². The number of aromatic nitrogens is 1. The number of allylic oxidation sites excluding steroid dienone is 1. The predicted octanol–water partition coefficient (Wildman–Crippen LogP) is 3.86. The molecule has 0 bridgehead atoms. The van der Waals surface area contributed by atoms with Crippen molar-refractivity contribution in [3.8, 4) is 0 Å². The standard InChI is InChI=1S/C22H24N2O4S/c1-13-14-8-6-7-9-15(14)23-16(20(13)21(27)28-5)11-24-18(26)12-29-19(24)10-17(25)22(2,3)4/h6-10H,11-12H2,1-5H3/b19-10-. The van der Waals surface area contributed by atoms with Crippen molar-refractivity contribution in [1.82, 2.24) is 9.88 Å². The zero-order valence-corrected chi connectivity index (χ0v) is 18.1. The second-order valence-electron chi connectivity index (χ2n) is 7.93. The van der Waals surface area contributed by atoms with E-state index in [1.807, 2.05) is 52.0 Å². The minimum atomic E-state index is -0.542. The van der Waals surface area contributed by atoms with E-state index in [1.165, 1.54) is 29.8 Å². The molecule has 0 saturated carbocycles. The van der Waals surface area contributed by atoms with Crippen LogP contribution in [0.2, 0.25) is 0 Å². The Balaban J connectivity index is 2.08. The van der Waals surface area contributed by atoms with Crippen molar-refractivity contribution in [3.05, 3.63) is 52.2 Å². The Kier molecular flexibility index (Phi) is 5.80. The van der Waals surface area contributed by atoms with Crippen molar-refractivity contribution in [3.63, 3.8) is 0 Å². The van der Waals surface area contributed by atoms with E-state index in [2.05, 4.69) is 4.98 Å². The first-order chi connectivity index (χ1) is 13.6. The molecule has 0 aliphatic carbocycles. The fourth-order valence-electron chi connectivity index (χ4n) is 3.11. The number of ketones is 1. The van der Waals surface area contributed by atoms with Crippen molar-refractivity contribution in [2.75, 3.05) is 12.9 Å². The lowest BCUT2D eigenvalue weighted by molar-refractivity contribution is -0.125. The number of fused-ring (bicyclic) bond motifs is 1. The third-order valence-electron chi connectivity index (χ3n) is 4.83. The van der Waals surface area contributed by atoms with E-state index in [1.54, 1.807) is 0 Å². The zero-order chi connectivity index (χ0) is 21.3. The number of carbonyl (C=O) groups is 3. The number of thioether (sulfide) groups is 1. The van der Waals surface area contributed by atoms with E-state index in [0.717, 1.165) is 16.5 Å². The van der Waals surface area contributed by atoms with Gasteiger partial charge >= 0.3 is 5.97 Å². The van der Waals surface area contributed by atoms with Gasteiger partial charge in [0.15, 0.2) is 5.78 Å². The molecule has 1 fully saturated rings. The summed E-state index contributed by atoms with van der Waals surface area (Å²) < 4.78 is 4.98. The highest BCUT2D eigenvalue weighted by atomic mass is 32.2. The number of rotatable bonds is 4. The SMILES string of the molecule is COC(=O)c1c(CN2C(=O)CS/C2=C\C(=O)C(C)(C)C)nc2ccccc2c1C. The number of esters is 1. The van der Waals surface area contributed by atoms with Gasteiger partial charge in [0.2, 0.25) is 5.91 Å². The Hall–Kier alpha value is -2.67. The van der Waals surface area contributed by atoms with Crippen LogP contribution >= 0.6 is 11.8 Å². The highest BCUT2D eigenvalue weighted by molar-refractivity contribution is 8.04. The van der Waals surface area contributed by atoms with Crippen LogP contribution in [0.15, 0.2) is 35.4 Å². The van der Waals surface area contributed by atoms with Gasteiger partial charge in [0.25, 0.3) is 0 Å². The van der Waals surface area contributed by atoms with E-state index in [4.69, 9.17) is 4.74 Å². The van der Waals surface area contributed by atoms with Crippen LogP contribution in [0.25, 0.3) is 10.9 Å². The fraction of sp³-hybridized carbons (Fsp3) is 0.364. The van der Waals surface area contributed by atoms with Gasteiger partial charge in [-0.05, 0) is 18.6 Å². The molecule has 0 unspecified atom stereocenters. The number of hydrogen-bond donors (Lipinski definition) is 0. The van der Waals surface area contributed by atoms with Crippen LogP contribution < -0.4 is 0 Å². The van der Waals surface area contributed by atoms with Crippen molar-refractivity contribution in [2.45, 2.75) is 34.2 Å². The van der Waals surface area contributed by atoms with Crippen LogP contribution in [0, 0.1) is 12.3 Å². The predicted molar refractivity (Wildman–Crippen MR) is 113 cm³/mol. The van der Waals surface area contributed by atoms with Crippen molar-refractivity contribution in [1.29, 1.82) is 0 Å². The largest absolute Gasteiger partial charge is 0.465 e. The molecule has 29 heavy (non-hydrogen) atoms. The van der Waals surface area contributed by atoms with Gasteiger partial charge in [-0.2, -0.15) is 0 Å². The number of benzene rings is 1. The van der Waals surface area contributed by atoms with Crippen LogP contribution in [0.1, 0.15) is 42.4 Å². The summed E-state index contributed by atoms with van der Waals surface area (Å²) in [4.78, 5) is 43.7. The van der Waals surface area contributed by atoms with Gasteiger partial charge in [-0.15, -0.1) is 0 Å². The summed E-state index contributed by atoms with van der Waals surface area (Å²) in [5.74, 6) is -0.420. The highest BCUT2D eigenvalue weighted by Crippen LogP contribution is 2.33. The highest BCUT2D eigenvalue weighted by Gasteiger charge is 2.31. The molecule has 1 aromatic carbocycles. The number of carbonyl (C=O) groups excluding carboxylic acids is 3. The van der Waals surface area contributed by atoms with E-state index in [-0.39, 0.29) is 24.0 Å². The summed E-state index contributed by atoms with van der Waals surface area (Å²) in [7, 11) is 1.32. The van der Waals surface area contributed by atoms with Crippen molar-refractivity contribution < 1.29 is 19.1 Å². The first-order valence-corrected chi connectivity index (χ1v) is 10.3. The number of amides is 1. The summed E-state index contributed by atoms with van der Waals surface area (Å²) in [6.07, 6.45) is 1.52. The molecule has 0 radical (unpaired) electrons. The molecular weight excluding hydrogens is 388 g/mol. The van der Waals surface area contributed by atoms with Gasteiger partial charge in [0.1, 0.15) is 0 Å². The number of nitrogens with zero attached hydrogens (tertiary/aromatic N) is 2. The summed E-state index contributed by atoms with van der Waals surface area (Å²) >= 11 is 1.32. The number of ether oxygens (including phenoxy) is 1. The molecule has 1 aromatic heterocycles. The third-order valence-corrected chi connectivity index (χ3v) is 5.85. The fourth-order valence-corrected chi connectivity index (χ4v) is 4.05. The lowest BCUT2D eigenvalue weighted by atomic mass is 9.91. The summed E-state index contributed by atoms with van der Waals surface area (Å²) in [6, 6.07) is 7.53. The molecular formula is C22H24N2O4S. The Morgan fingerprint density at radius 1 is 1.28 bits per heavy atom. The molecule has 6 nitrogen and oxygen atoms in total. The minimum Gasteiger partial charge on any atom is -0.465 e. The van der Waals surface area contributed by atoms with Crippen LogP contribution in [0.5, 0.6) is 0 Å². The molecule has 1 saturated heterocycles. The quantitative estimate of drug-likeness (QED) is 0.561. The Morgan fingerprint density at radius 2 is 1.97 bits per heavy atom. The molecule has 0 N–H and O–H groups in total. The maximum absolute atomic E-state index is 12.5. The van der Waals surface area contributed by atoms with Crippen molar-refractivity contribution in [2.24, 2.45) is 5.41 Å². The number of pyridine rings is 1. The maximum Gasteiger partial charge on any atom is 0.340 e. The second-order valence-corrected chi connectivity index (χ2v) is 8.93. The monoisotopic (exact) mass is 412 g/mol. The maximum atomic E-state index is 12.5. The average Bonchev–Trinajstić information content (AvgIpc) is 3.00. The molecule has 3 rings (SSSR count). The van der Waals surface area contributed by atoms with Gasteiger partial charge < -0.3 is 4.74 Å². The molecule has 2 heterocycles.